The van der Waals surface area contributed by atoms with Crippen molar-refractivity contribution in [3.05, 3.63) is 28.0 Å². The molecule has 0 radical (unpaired) electrons. The van der Waals surface area contributed by atoms with Crippen molar-refractivity contribution in [1.82, 2.24) is 4.98 Å². The molecule has 60 valence electrons. The zero-order chi connectivity index (χ0) is 8.43. The third-order valence-corrected chi connectivity index (χ3v) is 2.59. The molecule has 1 nitrogen and oxygen atoms in total. The van der Waals surface area contributed by atoms with E-state index in [1.165, 1.54) is 6.20 Å². The van der Waals surface area contributed by atoms with Crippen molar-refractivity contribution in [2.24, 2.45) is 0 Å². The molecule has 4 heteroatoms. The number of alkyl halides is 1. The first-order valence-electron chi connectivity index (χ1n) is 3.06. The standard InChI is InChI=1S/C7H6BrCl2N/c1-4(8)5-2-11-3-6(9)7(5)10/h2-4H,1H3. The van der Waals surface area contributed by atoms with Crippen molar-refractivity contribution < 1.29 is 0 Å². The maximum Gasteiger partial charge on any atom is 0.0778 e. The molecule has 0 saturated carbocycles. The van der Waals surface area contributed by atoms with Crippen LogP contribution >= 0.6 is 39.1 Å². The van der Waals surface area contributed by atoms with Gasteiger partial charge >= 0.3 is 0 Å². The van der Waals surface area contributed by atoms with Gasteiger partial charge in [-0.05, 0) is 6.92 Å². The Balaban J connectivity index is 3.17. The fraction of sp³-hybridized carbons (Fsp3) is 0.286. The van der Waals surface area contributed by atoms with E-state index < -0.39 is 0 Å². The van der Waals surface area contributed by atoms with Gasteiger partial charge in [0.15, 0.2) is 0 Å². The van der Waals surface area contributed by atoms with Crippen LogP contribution in [0.3, 0.4) is 0 Å². The highest BCUT2D eigenvalue weighted by Gasteiger charge is 2.08. The Bertz CT molecular complexity index is 263. The average Bonchev–Trinajstić information content (AvgIpc) is 1.94. The van der Waals surface area contributed by atoms with Gasteiger partial charge in [0.2, 0.25) is 0 Å². The topological polar surface area (TPSA) is 12.9 Å². The first-order valence-corrected chi connectivity index (χ1v) is 4.73. The lowest BCUT2D eigenvalue weighted by Gasteiger charge is -2.05. The van der Waals surface area contributed by atoms with Crippen LogP contribution in [0.2, 0.25) is 10.0 Å². The van der Waals surface area contributed by atoms with Gasteiger partial charge in [-0.1, -0.05) is 39.1 Å². The molecule has 0 N–H and O–H groups in total. The number of nitrogens with zero attached hydrogens (tertiary/aromatic N) is 1. The second kappa shape index (κ2) is 3.74. The van der Waals surface area contributed by atoms with Crippen LogP contribution in [0, 0.1) is 0 Å². The first kappa shape index (κ1) is 9.30. The summed E-state index contributed by atoms with van der Waals surface area (Å²) >= 11 is 15.0. The molecule has 1 unspecified atom stereocenters. The van der Waals surface area contributed by atoms with E-state index >= 15 is 0 Å². The summed E-state index contributed by atoms with van der Waals surface area (Å²) in [5.41, 5.74) is 0.916. The molecule has 1 aromatic rings. The second-order valence-electron chi connectivity index (χ2n) is 2.14. The summed E-state index contributed by atoms with van der Waals surface area (Å²) in [4.78, 5) is 4.10. The molecule has 1 atom stereocenters. The molecule has 0 aliphatic rings. The summed E-state index contributed by atoms with van der Waals surface area (Å²) in [6.07, 6.45) is 3.23. The van der Waals surface area contributed by atoms with Gasteiger partial charge in [0, 0.05) is 22.8 Å². The van der Waals surface area contributed by atoms with Crippen molar-refractivity contribution in [2.75, 3.05) is 0 Å². The molecular weight excluding hydrogens is 249 g/mol. The van der Waals surface area contributed by atoms with Crippen LogP contribution in [0.5, 0.6) is 0 Å². The number of rotatable bonds is 1. The maximum atomic E-state index is 5.89. The van der Waals surface area contributed by atoms with Crippen molar-refractivity contribution in [3.8, 4) is 0 Å². The Morgan fingerprint density at radius 1 is 1.45 bits per heavy atom. The van der Waals surface area contributed by atoms with Gasteiger partial charge < -0.3 is 0 Å². The Morgan fingerprint density at radius 3 is 2.55 bits per heavy atom. The number of halogens is 3. The first-order chi connectivity index (χ1) is 5.13. The number of pyridine rings is 1. The summed E-state index contributed by atoms with van der Waals surface area (Å²) < 4.78 is 0. The molecule has 0 aliphatic carbocycles. The SMILES string of the molecule is CC(Br)c1cncc(Cl)c1Cl. The van der Waals surface area contributed by atoms with E-state index in [2.05, 4.69) is 20.9 Å². The van der Waals surface area contributed by atoms with Crippen molar-refractivity contribution in [1.29, 1.82) is 0 Å². The Morgan fingerprint density at radius 2 is 2.09 bits per heavy atom. The Hall–Kier alpha value is 0.210. The fourth-order valence-corrected chi connectivity index (χ4v) is 1.62. The van der Waals surface area contributed by atoms with Crippen LogP contribution in [0.15, 0.2) is 12.4 Å². The Labute approximate surface area is 83.9 Å². The van der Waals surface area contributed by atoms with Gasteiger partial charge in [0.05, 0.1) is 10.0 Å². The molecule has 11 heavy (non-hydrogen) atoms. The third kappa shape index (κ3) is 2.08. The van der Waals surface area contributed by atoms with Crippen LogP contribution in [-0.4, -0.2) is 4.98 Å². The minimum Gasteiger partial charge on any atom is -0.263 e. The quantitative estimate of drug-likeness (QED) is 0.694. The van der Waals surface area contributed by atoms with Crippen molar-refractivity contribution >= 4 is 39.1 Å². The van der Waals surface area contributed by atoms with Crippen LogP contribution in [0.25, 0.3) is 0 Å². The van der Waals surface area contributed by atoms with Crippen LogP contribution < -0.4 is 0 Å². The van der Waals surface area contributed by atoms with E-state index in [4.69, 9.17) is 23.2 Å². The molecular formula is C7H6BrCl2N. The zero-order valence-electron chi connectivity index (χ0n) is 5.81. The molecule has 0 spiro atoms. The minimum atomic E-state index is 0.182. The number of hydrogen-bond acceptors (Lipinski definition) is 1. The molecule has 0 aromatic carbocycles. The van der Waals surface area contributed by atoms with Crippen molar-refractivity contribution in [2.45, 2.75) is 11.8 Å². The average molecular weight is 255 g/mol. The zero-order valence-corrected chi connectivity index (χ0v) is 8.91. The summed E-state index contributed by atoms with van der Waals surface area (Å²) in [5, 5.41) is 1.07. The highest BCUT2D eigenvalue weighted by Crippen LogP contribution is 2.32. The second-order valence-corrected chi connectivity index (χ2v) is 4.30. The molecule has 1 aromatic heterocycles. The number of aromatic nitrogens is 1. The highest BCUT2D eigenvalue weighted by molar-refractivity contribution is 9.09. The van der Waals surface area contributed by atoms with Crippen LogP contribution in [0.4, 0.5) is 0 Å². The smallest absolute Gasteiger partial charge is 0.0778 e. The normalized spacial score (nSPS) is 13.1. The fourth-order valence-electron chi connectivity index (χ4n) is 0.712. The molecule has 0 fully saturated rings. The van der Waals surface area contributed by atoms with E-state index in [-0.39, 0.29) is 4.83 Å². The van der Waals surface area contributed by atoms with Gasteiger partial charge in [-0.2, -0.15) is 0 Å². The predicted octanol–water partition coefficient (Wildman–Crippen LogP) is 3.84. The molecule has 0 amide bonds. The summed E-state index contributed by atoms with van der Waals surface area (Å²) in [6, 6.07) is 0. The molecule has 0 saturated heterocycles. The molecule has 1 rings (SSSR count). The molecule has 0 aliphatic heterocycles. The highest BCUT2D eigenvalue weighted by atomic mass is 79.9. The monoisotopic (exact) mass is 253 g/mol. The summed E-state index contributed by atoms with van der Waals surface area (Å²) in [5.74, 6) is 0. The Kier molecular flexibility index (Phi) is 3.16. The summed E-state index contributed by atoms with van der Waals surface area (Å²) in [6.45, 7) is 1.97. The van der Waals surface area contributed by atoms with E-state index in [1.807, 2.05) is 6.92 Å². The van der Waals surface area contributed by atoms with Crippen LogP contribution in [-0.2, 0) is 0 Å². The third-order valence-electron chi connectivity index (χ3n) is 1.29. The predicted molar refractivity (Wildman–Crippen MR) is 51.6 cm³/mol. The lowest BCUT2D eigenvalue weighted by Crippen LogP contribution is -1.87. The largest absolute Gasteiger partial charge is 0.263 e. The molecule has 0 bridgehead atoms. The lowest BCUT2D eigenvalue weighted by atomic mass is 10.2. The van der Waals surface area contributed by atoms with E-state index in [0.717, 1.165) is 5.56 Å². The summed E-state index contributed by atoms with van der Waals surface area (Å²) in [7, 11) is 0. The van der Waals surface area contributed by atoms with Gasteiger partial charge in [-0.15, -0.1) is 0 Å². The van der Waals surface area contributed by atoms with Gasteiger partial charge in [-0.25, -0.2) is 0 Å². The maximum absolute atomic E-state index is 5.89. The van der Waals surface area contributed by atoms with E-state index in [0.29, 0.717) is 10.0 Å². The van der Waals surface area contributed by atoms with Gasteiger partial charge in [-0.3, -0.25) is 4.98 Å². The van der Waals surface area contributed by atoms with Crippen molar-refractivity contribution in [3.63, 3.8) is 0 Å². The lowest BCUT2D eigenvalue weighted by molar-refractivity contribution is 1.09. The minimum absolute atomic E-state index is 0.182. The molecule has 1 heterocycles. The van der Waals surface area contributed by atoms with Crippen LogP contribution in [0.1, 0.15) is 17.3 Å². The van der Waals surface area contributed by atoms with E-state index in [1.54, 1.807) is 6.20 Å². The number of hydrogen-bond donors (Lipinski definition) is 0. The van der Waals surface area contributed by atoms with Gasteiger partial charge in [0.1, 0.15) is 0 Å². The van der Waals surface area contributed by atoms with Gasteiger partial charge in [0.25, 0.3) is 0 Å². The van der Waals surface area contributed by atoms with E-state index in [9.17, 15) is 0 Å².